The number of benzene rings is 3. The van der Waals surface area contributed by atoms with Crippen molar-refractivity contribution in [3.8, 4) is 11.5 Å². The lowest BCUT2D eigenvalue weighted by Gasteiger charge is -2.12. The molecule has 1 aliphatic heterocycles. The highest BCUT2D eigenvalue weighted by molar-refractivity contribution is 6.13. The summed E-state index contributed by atoms with van der Waals surface area (Å²) in [6.07, 6.45) is 1.51. The number of rotatable bonds is 9. The maximum absolute atomic E-state index is 12.8. The van der Waals surface area contributed by atoms with E-state index < -0.39 is 22.8 Å². The minimum atomic E-state index is -1.01. The van der Waals surface area contributed by atoms with E-state index in [1.807, 2.05) is 0 Å². The highest BCUT2D eigenvalue weighted by atomic mass is 16.6. The molecule has 0 atom stereocenters. The van der Waals surface area contributed by atoms with E-state index in [0.29, 0.717) is 22.6 Å². The Kier molecular flexibility index (Phi) is 7.14. The SMILES string of the molecule is COc1cc(/C=C2\NC(=O)N(Cc3ccc([N+](=O)[O-])cc3)C2=O)ccc1OCc1ccc(C(=O)O)cc1. The number of nitrogens with zero attached hydrogens (tertiary/aromatic N) is 2. The Bertz CT molecular complexity index is 1400. The molecule has 1 saturated heterocycles. The van der Waals surface area contributed by atoms with Crippen LogP contribution in [0, 0.1) is 10.1 Å². The fraction of sp³-hybridized carbons (Fsp3) is 0.115. The van der Waals surface area contributed by atoms with Crippen LogP contribution in [-0.2, 0) is 17.9 Å². The molecule has 4 rings (SSSR count). The fourth-order valence-corrected chi connectivity index (χ4v) is 3.59. The zero-order valence-corrected chi connectivity index (χ0v) is 19.5. The summed E-state index contributed by atoms with van der Waals surface area (Å²) in [6, 6.07) is 16.3. The number of amides is 3. The second kappa shape index (κ2) is 10.6. The number of ether oxygens (including phenoxy) is 2. The Morgan fingerprint density at radius 1 is 1.03 bits per heavy atom. The van der Waals surface area contributed by atoms with Crippen LogP contribution in [0.2, 0.25) is 0 Å². The molecule has 2 N–H and O–H groups in total. The molecule has 3 amide bonds. The number of carbonyl (C=O) groups is 3. The summed E-state index contributed by atoms with van der Waals surface area (Å²) in [5.41, 5.74) is 2.08. The minimum Gasteiger partial charge on any atom is -0.493 e. The average Bonchev–Trinajstić information content (AvgIpc) is 3.15. The Hall–Kier alpha value is -5.19. The number of hydrogen-bond acceptors (Lipinski definition) is 7. The molecular weight excluding hydrogens is 482 g/mol. The molecule has 0 spiro atoms. The zero-order chi connectivity index (χ0) is 26.5. The van der Waals surface area contributed by atoms with Crippen molar-refractivity contribution in [2.24, 2.45) is 0 Å². The number of nitrogens with one attached hydrogen (secondary N) is 1. The predicted octanol–water partition coefficient (Wildman–Crippen LogP) is 3.97. The van der Waals surface area contributed by atoms with E-state index in [1.54, 1.807) is 30.3 Å². The van der Waals surface area contributed by atoms with Crippen LogP contribution in [0.1, 0.15) is 27.0 Å². The van der Waals surface area contributed by atoms with Crippen LogP contribution in [0.25, 0.3) is 6.08 Å². The largest absolute Gasteiger partial charge is 0.493 e. The third-order valence-electron chi connectivity index (χ3n) is 5.54. The molecule has 0 aromatic heterocycles. The minimum absolute atomic E-state index is 0.0382. The van der Waals surface area contributed by atoms with E-state index in [9.17, 15) is 24.5 Å². The first kappa shape index (κ1) is 24.9. The second-order valence-electron chi connectivity index (χ2n) is 8.00. The van der Waals surface area contributed by atoms with Crippen LogP contribution in [-0.4, -0.2) is 39.9 Å². The molecule has 0 unspecified atom stereocenters. The van der Waals surface area contributed by atoms with Gasteiger partial charge in [-0.15, -0.1) is 0 Å². The van der Waals surface area contributed by atoms with Gasteiger partial charge in [-0.25, -0.2) is 9.59 Å². The summed E-state index contributed by atoms with van der Waals surface area (Å²) in [5, 5.41) is 22.3. The van der Waals surface area contributed by atoms with Crippen molar-refractivity contribution < 1.29 is 33.9 Å². The van der Waals surface area contributed by atoms with Gasteiger partial charge in [0.2, 0.25) is 0 Å². The molecule has 188 valence electrons. The lowest BCUT2D eigenvalue weighted by atomic mass is 10.1. The van der Waals surface area contributed by atoms with Crippen molar-refractivity contribution in [3.05, 3.63) is 105 Å². The van der Waals surface area contributed by atoms with E-state index in [1.165, 1.54) is 49.6 Å². The van der Waals surface area contributed by atoms with Crippen LogP contribution in [0.5, 0.6) is 11.5 Å². The van der Waals surface area contributed by atoms with Crippen molar-refractivity contribution >= 4 is 29.7 Å². The van der Waals surface area contributed by atoms with Gasteiger partial charge < -0.3 is 19.9 Å². The first-order chi connectivity index (χ1) is 17.7. The smallest absolute Gasteiger partial charge is 0.335 e. The lowest BCUT2D eigenvalue weighted by molar-refractivity contribution is -0.384. The van der Waals surface area contributed by atoms with Crippen LogP contribution in [0.4, 0.5) is 10.5 Å². The molecule has 0 radical (unpaired) electrons. The quantitative estimate of drug-likeness (QED) is 0.193. The second-order valence-corrected chi connectivity index (χ2v) is 8.00. The number of carboxylic acids is 1. The van der Waals surface area contributed by atoms with Gasteiger partial charge in [0, 0.05) is 12.1 Å². The summed E-state index contributed by atoms with van der Waals surface area (Å²) in [4.78, 5) is 47.5. The number of hydrogen-bond donors (Lipinski definition) is 2. The number of imide groups is 1. The number of methoxy groups -OCH3 is 1. The molecule has 3 aromatic rings. The maximum Gasteiger partial charge on any atom is 0.335 e. The molecule has 0 bridgehead atoms. The molecule has 0 aliphatic carbocycles. The number of carbonyl (C=O) groups excluding carboxylic acids is 2. The van der Waals surface area contributed by atoms with Crippen molar-refractivity contribution in [2.75, 3.05) is 7.11 Å². The van der Waals surface area contributed by atoms with Gasteiger partial charge in [-0.1, -0.05) is 30.3 Å². The van der Waals surface area contributed by atoms with Gasteiger partial charge in [0.25, 0.3) is 11.6 Å². The van der Waals surface area contributed by atoms with E-state index in [2.05, 4.69) is 5.32 Å². The van der Waals surface area contributed by atoms with E-state index in [4.69, 9.17) is 14.6 Å². The van der Waals surface area contributed by atoms with Crippen molar-refractivity contribution in [1.82, 2.24) is 10.2 Å². The Balaban J connectivity index is 1.44. The molecule has 3 aromatic carbocycles. The lowest BCUT2D eigenvalue weighted by Crippen LogP contribution is -2.30. The first-order valence-corrected chi connectivity index (χ1v) is 11.0. The standard InChI is InChI=1S/C26H21N3O8/c1-36-23-13-18(6-11-22(23)37-15-17-2-7-19(8-3-17)25(31)32)12-21-24(30)28(26(33)27-21)14-16-4-9-20(10-5-16)29(34)35/h2-13H,14-15H2,1H3,(H,27,33)(H,31,32)/b21-12-. The summed E-state index contributed by atoms with van der Waals surface area (Å²) < 4.78 is 11.2. The highest BCUT2D eigenvalue weighted by Crippen LogP contribution is 2.30. The van der Waals surface area contributed by atoms with Crippen molar-refractivity contribution in [3.63, 3.8) is 0 Å². The third kappa shape index (κ3) is 5.73. The molecule has 1 aliphatic rings. The van der Waals surface area contributed by atoms with E-state index in [-0.39, 0.29) is 30.1 Å². The third-order valence-corrected chi connectivity index (χ3v) is 5.54. The van der Waals surface area contributed by atoms with Gasteiger partial charge in [0.15, 0.2) is 11.5 Å². The van der Waals surface area contributed by atoms with Crippen LogP contribution >= 0.6 is 0 Å². The molecule has 11 nitrogen and oxygen atoms in total. The van der Waals surface area contributed by atoms with Gasteiger partial charge in [0.1, 0.15) is 12.3 Å². The van der Waals surface area contributed by atoms with Gasteiger partial charge in [-0.05, 0) is 47.0 Å². The fourth-order valence-electron chi connectivity index (χ4n) is 3.59. The number of urea groups is 1. The molecule has 1 fully saturated rings. The topological polar surface area (TPSA) is 148 Å². The first-order valence-electron chi connectivity index (χ1n) is 11.0. The molecule has 1 heterocycles. The number of non-ortho nitro benzene ring substituents is 1. The predicted molar refractivity (Wildman–Crippen MR) is 131 cm³/mol. The summed E-state index contributed by atoms with van der Waals surface area (Å²) in [7, 11) is 1.47. The normalized spacial score (nSPS) is 14.0. The number of carboxylic acid groups (broad SMARTS) is 1. The Morgan fingerprint density at radius 2 is 1.70 bits per heavy atom. The molecule has 0 saturated carbocycles. The highest BCUT2D eigenvalue weighted by Gasteiger charge is 2.33. The molecule has 11 heteroatoms. The summed E-state index contributed by atoms with van der Waals surface area (Å²) >= 11 is 0. The van der Waals surface area contributed by atoms with Gasteiger partial charge >= 0.3 is 12.0 Å². The van der Waals surface area contributed by atoms with Crippen LogP contribution in [0.15, 0.2) is 72.4 Å². The van der Waals surface area contributed by atoms with E-state index >= 15 is 0 Å². The van der Waals surface area contributed by atoms with Gasteiger partial charge in [0.05, 0.1) is 24.1 Å². The van der Waals surface area contributed by atoms with E-state index in [0.717, 1.165) is 10.5 Å². The Morgan fingerprint density at radius 3 is 2.32 bits per heavy atom. The average molecular weight is 503 g/mol. The summed E-state index contributed by atoms with van der Waals surface area (Å²) in [5.74, 6) is -0.706. The van der Waals surface area contributed by atoms with Gasteiger partial charge in [-0.2, -0.15) is 0 Å². The Labute approximate surface area is 210 Å². The molecule has 37 heavy (non-hydrogen) atoms. The monoisotopic (exact) mass is 503 g/mol. The van der Waals surface area contributed by atoms with Crippen molar-refractivity contribution in [2.45, 2.75) is 13.2 Å². The molecular formula is C26H21N3O8. The maximum atomic E-state index is 12.8. The van der Waals surface area contributed by atoms with Gasteiger partial charge in [-0.3, -0.25) is 19.8 Å². The number of nitro groups is 1. The summed E-state index contributed by atoms with van der Waals surface area (Å²) in [6.45, 7) is 0.145. The number of nitro benzene ring substituents is 1. The van der Waals surface area contributed by atoms with Crippen molar-refractivity contribution in [1.29, 1.82) is 0 Å². The number of aromatic carboxylic acids is 1. The zero-order valence-electron chi connectivity index (χ0n) is 19.5. The van der Waals surface area contributed by atoms with Crippen LogP contribution < -0.4 is 14.8 Å². The van der Waals surface area contributed by atoms with Crippen LogP contribution in [0.3, 0.4) is 0 Å².